The van der Waals surface area contributed by atoms with Crippen molar-refractivity contribution in [2.45, 2.75) is 25.6 Å². The molecule has 2 unspecified atom stereocenters. The van der Waals surface area contributed by atoms with Gasteiger partial charge in [-0.1, -0.05) is 30.3 Å². The lowest BCUT2D eigenvalue weighted by molar-refractivity contribution is -0.128. The molecule has 1 N–H and O–H groups in total. The second-order valence-corrected chi connectivity index (χ2v) is 7.97. The second kappa shape index (κ2) is 8.09. The fourth-order valence-electron chi connectivity index (χ4n) is 4.29. The van der Waals surface area contributed by atoms with Crippen molar-refractivity contribution in [1.82, 2.24) is 20.2 Å². The molecule has 3 aromatic rings. The van der Waals surface area contributed by atoms with Crippen LogP contribution in [0.25, 0.3) is 22.6 Å². The highest BCUT2D eigenvalue weighted by Crippen LogP contribution is 2.40. The molecule has 5 rings (SSSR count). The van der Waals surface area contributed by atoms with Crippen LogP contribution >= 0.6 is 0 Å². The molecule has 1 aliphatic carbocycles. The summed E-state index contributed by atoms with van der Waals surface area (Å²) < 4.78 is 11.5. The summed E-state index contributed by atoms with van der Waals surface area (Å²) in [6.45, 7) is 1.97. The maximum atomic E-state index is 13.3. The number of likely N-dealkylation sites (N-methyl/N-ethyl adjacent to an activating group) is 1. The maximum absolute atomic E-state index is 13.3. The average Bonchev–Trinajstić information content (AvgIpc) is 3.34. The van der Waals surface area contributed by atoms with E-state index in [4.69, 9.17) is 14.1 Å². The molecule has 0 radical (unpaired) electrons. The number of carbonyl (C=O) groups is 1. The fraction of sp³-hybridized carbons (Fsp3) is 0.240. The maximum Gasteiger partial charge on any atom is 0.257 e. The molecular weight excluding hydrogens is 404 g/mol. The molecule has 0 saturated carbocycles. The number of ether oxygens (including phenoxy) is 1. The number of fused-ring (bicyclic) bond motifs is 1. The van der Waals surface area contributed by atoms with Crippen molar-refractivity contribution >= 4 is 28.5 Å². The molecule has 2 aliphatic rings. The highest BCUT2D eigenvalue weighted by Gasteiger charge is 2.38. The number of hydrogen-bond donors (Lipinski definition) is 1. The summed E-state index contributed by atoms with van der Waals surface area (Å²) in [6.07, 6.45) is 7.07. The molecule has 1 aromatic carbocycles. The average molecular weight is 428 g/mol. The van der Waals surface area contributed by atoms with Gasteiger partial charge in [-0.25, -0.2) is 9.97 Å². The molecule has 0 spiro atoms. The van der Waals surface area contributed by atoms with Crippen LogP contribution in [0.5, 0.6) is 0 Å². The number of para-hydroxylation sites is 1. The molecule has 32 heavy (non-hydrogen) atoms. The lowest BCUT2D eigenvalue weighted by atomic mass is 9.83. The Bertz CT molecular complexity index is 1270. The second-order valence-electron chi connectivity index (χ2n) is 7.97. The van der Waals surface area contributed by atoms with E-state index in [1.54, 1.807) is 25.3 Å². The summed E-state index contributed by atoms with van der Waals surface area (Å²) in [7, 11) is 3.46. The van der Waals surface area contributed by atoms with Gasteiger partial charge in [0.05, 0.1) is 35.3 Å². The molecular formula is C25H24N4O3. The minimum absolute atomic E-state index is 0.0380. The smallest absolute Gasteiger partial charge is 0.257 e. The Labute approximate surface area is 186 Å². The molecule has 0 bridgehead atoms. The van der Waals surface area contributed by atoms with Gasteiger partial charge >= 0.3 is 0 Å². The van der Waals surface area contributed by atoms with Crippen molar-refractivity contribution in [3.63, 3.8) is 0 Å². The number of methoxy groups -OCH3 is 1. The first-order valence-electron chi connectivity index (χ1n) is 10.5. The number of benzene rings is 1. The quantitative estimate of drug-likeness (QED) is 0.681. The molecule has 1 aliphatic heterocycles. The van der Waals surface area contributed by atoms with Crippen molar-refractivity contribution in [3.8, 4) is 0 Å². The van der Waals surface area contributed by atoms with Crippen LogP contribution in [0.15, 0.2) is 76.3 Å². The van der Waals surface area contributed by atoms with Crippen molar-refractivity contribution < 1.29 is 13.9 Å². The minimum atomic E-state index is -0.276. The third kappa shape index (κ3) is 3.40. The Morgan fingerprint density at radius 2 is 2.06 bits per heavy atom. The van der Waals surface area contributed by atoms with Gasteiger partial charge in [-0.2, -0.15) is 0 Å². The predicted octanol–water partition coefficient (Wildman–Crippen LogP) is 3.77. The Hall–Kier alpha value is -3.71. The molecule has 0 fully saturated rings. The van der Waals surface area contributed by atoms with Crippen molar-refractivity contribution in [1.29, 1.82) is 0 Å². The van der Waals surface area contributed by atoms with Gasteiger partial charge in [0.1, 0.15) is 0 Å². The van der Waals surface area contributed by atoms with E-state index in [0.29, 0.717) is 17.8 Å². The third-order valence-electron chi connectivity index (χ3n) is 6.09. The number of pyridine rings is 1. The number of rotatable bonds is 4. The number of nitrogens with one attached hydrogen (secondary N) is 1. The van der Waals surface area contributed by atoms with Crippen LogP contribution in [0.1, 0.15) is 24.8 Å². The first kappa shape index (κ1) is 20.2. The number of oxazole rings is 1. The minimum Gasteiger partial charge on any atom is -0.444 e. The van der Waals surface area contributed by atoms with Crippen LogP contribution in [-0.2, 0) is 9.53 Å². The number of nitrogens with zero attached hydrogens (tertiary/aromatic N) is 3. The van der Waals surface area contributed by atoms with Crippen LogP contribution in [-0.4, -0.2) is 47.2 Å². The van der Waals surface area contributed by atoms with Crippen molar-refractivity contribution in [3.05, 3.63) is 83.4 Å². The topological polar surface area (TPSA) is 80.5 Å². The largest absolute Gasteiger partial charge is 0.444 e. The summed E-state index contributed by atoms with van der Waals surface area (Å²) >= 11 is 0. The molecule has 2 aromatic heterocycles. The Morgan fingerprint density at radius 3 is 2.84 bits per heavy atom. The zero-order chi connectivity index (χ0) is 22.2. The molecule has 1 amide bonds. The van der Waals surface area contributed by atoms with E-state index in [-0.39, 0.29) is 18.2 Å². The molecule has 7 nitrogen and oxygen atoms in total. The summed E-state index contributed by atoms with van der Waals surface area (Å²) in [5.74, 6) is 0.549. The lowest BCUT2D eigenvalue weighted by Gasteiger charge is -2.39. The fourth-order valence-corrected chi connectivity index (χ4v) is 4.29. The SMILES string of the molecule is COC1CC2=C(C(=O)N(C)C(C)N2)C(C=Cc2ccc3ccccc3n2)=C1c1cnco1. The van der Waals surface area contributed by atoms with E-state index in [9.17, 15) is 4.79 Å². The van der Waals surface area contributed by atoms with Gasteiger partial charge < -0.3 is 19.4 Å². The van der Waals surface area contributed by atoms with Crippen LogP contribution in [0.2, 0.25) is 0 Å². The monoisotopic (exact) mass is 428 g/mol. The third-order valence-corrected chi connectivity index (χ3v) is 6.09. The first-order chi connectivity index (χ1) is 15.6. The van der Waals surface area contributed by atoms with Crippen LogP contribution in [0.3, 0.4) is 0 Å². The standard InChI is InChI=1S/C25H24N4O3/c1-15-27-20-12-21(31-3)24(22-13-26-14-32-22)18(23(20)25(30)29(15)2)11-10-17-9-8-16-6-4-5-7-19(16)28-17/h4-11,13-15,21,27H,12H2,1-3H3. The Kier molecular flexibility index (Phi) is 5.11. The number of aromatic nitrogens is 2. The Balaban J connectivity index is 1.67. The summed E-state index contributed by atoms with van der Waals surface area (Å²) in [5, 5.41) is 4.53. The van der Waals surface area contributed by atoms with Gasteiger partial charge in [0.15, 0.2) is 12.2 Å². The van der Waals surface area contributed by atoms with E-state index in [2.05, 4.69) is 10.3 Å². The number of allylic oxidation sites excluding steroid dienone is 1. The van der Waals surface area contributed by atoms with E-state index >= 15 is 0 Å². The summed E-state index contributed by atoms with van der Waals surface area (Å²) in [4.78, 5) is 23.9. The van der Waals surface area contributed by atoms with E-state index < -0.39 is 0 Å². The normalized spacial score (nSPS) is 21.5. The van der Waals surface area contributed by atoms with Crippen LogP contribution in [0.4, 0.5) is 0 Å². The summed E-state index contributed by atoms with van der Waals surface area (Å²) in [5.41, 5.74) is 4.78. The highest BCUT2D eigenvalue weighted by atomic mass is 16.5. The zero-order valence-electron chi connectivity index (χ0n) is 18.2. The van der Waals surface area contributed by atoms with Gasteiger partial charge in [0.2, 0.25) is 0 Å². The van der Waals surface area contributed by atoms with Gasteiger partial charge in [0.25, 0.3) is 5.91 Å². The zero-order valence-corrected chi connectivity index (χ0v) is 18.2. The van der Waals surface area contributed by atoms with Gasteiger partial charge in [-0.05, 0) is 30.7 Å². The van der Waals surface area contributed by atoms with E-state index in [0.717, 1.165) is 33.4 Å². The van der Waals surface area contributed by atoms with Crippen molar-refractivity contribution in [2.75, 3.05) is 14.2 Å². The van der Waals surface area contributed by atoms with Gasteiger partial charge in [-0.3, -0.25) is 4.79 Å². The molecule has 0 saturated heterocycles. The number of amides is 1. The number of hydrogen-bond acceptors (Lipinski definition) is 6. The molecule has 3 heterocycles. The lowest BCUT2D eigenvalue weighted by Crippen LogP contribution is -2.51. The molecule has 7 heteroatoms. The van der Waals surface area contributed by atoms with Gasteiger partial charge in [0, 0.05) is 37.2 Å². The van der Waals surface area contributed by atoms with Crippen LogP contribution in [0, 0.1) is 0 Å². The highest BCUT2D eigenvalue weighted by molar-refractivity contribution is 6.04. The first-order valence-corrected chi connectivity index (χ1v) is 10.5. The number of carbonyl (C=O) groups excluding carboxylic acids is 1. The summed E-state index contributed by atoms with van der Waals surface area (Å²) in [6, 6.07) is 12.0. The van der Waals surface area contributed by atoms with E-state index in [1.807, 2.05) is 55.5 Å². The molecule has 2 atom stereocenters. The van der Waals surface area contributed by atoms with Crippen LogP contribution < -0.4 is 5.32 Å². The van der Waals surface area contributed by atoms with Crippen molar-refractivity contribution in [2.24, 2.45) is 0 Å². The molecule has 162 valence electrons. The predicted molar refractivity (Wildman–Crippen MR) is 122 cm³/mol. The van der Waals surface area contributed by atoms with Gasteiger partial charge in [-0.15, -0.1) is 0 Å². The van der Waals surface area contributed by atoms with E-state index in [1.165, 1.54) is 6.39 Å². The Morgan fingerprint density at radius 1 is 1.22 bits per heavy atom.